The van der Waals surface area contributed by atoms with Crippen molar-refractivity contribution in [2.75, 3.05) is 0 Å². The number of aromatic nitrogens is 1. The molecule has 1 heterocycles. The highest BCUT2D eigenvalue weighted by Gasteiger charge is 2.30. The summed E-state index contributed by atoms with van der Waals surface area (Å²) < 4.78 is 0. The maximum absolute atomic E-state index is 11.1. The fourth-order valence-electron chi connectivity index (χ4n) is 2.42. The average Bonchev–Trinajstić information content (AvgIpc) is 2.38. The number of rotatable bonds is 4. The summed E-state index contributed by atoms with van der Waals surface area (Å²) in [6.45, 7) is 0.697. The lowest BCUT2D eigenvalue weighted by Gasteiger charge is -2.29. The Morgan fingerprint density at radius 2 is 2.29 bits per heavy atom. The Bertz CT molecular complexity index is 367. The normalized spacial score (nSPS) is 24.5. The third-order valence-electron chi connectivity index (χ3n) is 3.37. The predicted molar refractivity (Wildman–Crippen MR) is 64.5 cm³/mol. The number of nitrogens with zero attached hydrogens (tertiary/aromatic N) is 1. The third-order valence-corrected chi connectivity index (χ3v) is 3.37. The minimum Gasteiger partial charge on any atom is -0.481 e. The summed E-state index contributed by atoms with van der Waals surface area (Å²) in [6.07, 6.45) is 7.45. The smallest absolute Gasteiger partial charge is 0.308 e. The van der Waals surface area contributed by atoms with E-state index in [2.05, 4.69) is 10.3 Å². The molecule has 4 nitrogen and oxygen atoms in total. The van der Waals surface area contributed by atoms with E-state index in [-0.39, 0.29) is 12.0 Å². The van der Waals surface area contributed by atoms with Crippen molar-refractivity contribution in [2.24, 2.45) is 5.92 Å². The zero-order valence-electron chi connectivity index (χ0n) is 9.80. The van der Waals surface area contributed by atoms with E-state index in [0.29, 0.717) is 6.54 Å². The second-order valence-corrected chi connectivity index (χ2v) is 4.58. The van der Waals surface area contributed by atoms with E-state index < -0.39 is 5.97 Å². The van der Waals surface area contributed by atoms with Crippen LogP contribution in [0.2, 0.25) is 0 Å². The fourth-order valence-corrected chi connectivity index (χ4v) is 2.42. The summed E-state index contributed by atoms with van der Waals surface area (Å²) in [5.41, 5.74) is 1.10. The molecule has 1 saturated carbocycles. The molecular formula is C13H18N2O2. The van der Waals surface area contributed by atoms with Gasteiger partial charge in [-0.15, -0.1) is 0 Å². The highest BCUT2D eigenvalue weighted by molar-refractivity contribution is 5.71. The molecule has 92 valence electrons. The van der Waals surface area contributed by atoms with Crippen LogP contribution in [0.1, 0.15) is 31.2 Å². The molecule has 0 saturated heterocycles. The number of carbonyl (C=O) groups is 1. The van der Waals surface area contributed by atoms with Gasteiger partial charge in [-0.3, -0.25) is 9.78 Å². The van der Waals surface area contributed by atoms with Crippen molar-refractivity contribution in [1.82, 2.24) is 10.3 Å². The standard InChI is InChI=1S/C13H18N2O2/c16-13(17)11-5-1-2-6-12(11)15-9-10-4-3-7-14-8-10/h3-4,7-8,11-12,15H,1-2,5-6,9H2,(H,16,17)/t11-,12+/m1/s1. The molecule has 1 aromatic rings. The lowest BCUT2D eigenvalue weighted by molar-refractivity contribution is -0.143. The van der Waals surface area contributed by atoms with Crippen LogP contribution in [-0.4, -0.2) is 22.1 Å². The Morgan fingerprint density at radius 3 is 3.00 bits per heavy atom. The predicted octanol–water partition coefficient (Wildman–Crippen LogP) is 1.81. The Balaban J connectivity index is 1.90. The molecule has 0 bridgehead atoms. The number of nitrogens with one attached hydrogen (secondary N) is 1. The molecule has 0 aliphatic heterocycles. The largest absolute Gasteiger partial charge is 0.481 e. The second-order valence-electron chi connectivity index (χ2n) is 4.58. The second kappa shape index (κ2) is 5.77. The summed E-state index contributed by atoms with van der Waals surface area (Å²) in [6, 6.07) is 3.99. The SMILES string of the molecule is O=C(O)[C@@H]1CCCC[C@@H]1NCc1cccnc1. The van der Waals surface area contributed by atoms with E-state index in [1.54, 1.807) is 6.20 Å². The van der Waals surface area contributed by atoms with Crippen molar-refractivity contribution in [3.8, 4) is 0 Å². The highest BCUT2D eigenvalue weighted by Crippen LogP contribution is 2.24. The zero-order chi connectivity index (χ0) is 12.1. The molecule has 2 rings (SSSR count). The molecule has 2 N–H and O–H groups in total. The summed E-state index contributed by atoms with van der Waals surface area (Å²) >= 11 is 0. The van der Waals surface area contributed by atoms with Crippen LogP contribution in [-0.2, 0) is 11.3 Å². The van der Waals surface area contributed by atoms with Crippen molar-refractivity contribution >= 4 is 5.97 Å². The Labute approximate surface area is 101 Å². The van der Waals surface area contributed by atoms with E-state index in [4.69, 9.17) is 5.11 Å². The van der Waals surface area contributed by atoms with Crippen LogP contribution in [0.5, 0.6) is 0 Å². The van der Waals surface area contributed by atoms with Crippen LogP contribution in [0, 0.1) is 5.92 Å². The Hall–Kier alpha value is -1.42. The molecule has 0 radical (unpaired) electrons. The molecule has 17 heavy (non-hydrogen) atoms. The molecule has 1 aliphatic carbocycles. The van der Waals surface area contributed by atoms with E-state index >= 15 is 0 Å². The molecule has 1 aromatic heterocycles. The zero-order valence-corrected chi connectivity index (χ0v) is 9.80. The number of carboxylic acid groups (broad SMARTS) is 1. The van der Waals surface area contributed by atoms with Gasteiger partial charge in [0.05, 0.1) is 5.92 Å². The minimum absolute atomic E-state index is 0.0986. The number of pyridine rings is 1. The summed E-state index contributed by atoms with van der Waals surface area (Å²) in [5.74, 6) is -0.909. The first kappa shape index (κ1) is 12.0. The molecule has 2 atom stereocenters. The van der Waals surface area contributed by atoms with Crippen molar-refractivity contribution in [1.29, 1.82) is 0 Å². The monoisotopic (exact) mass is 234 g/mol. The van der Waals surface area contributed by atoms with Gasteiger partial charge in [0.25, 0.3) is 0 Å². The third kappa shape index (κ3) is 3.27. The summed E-state index contributed by atoms with van der Waals surface area (Å²) in [7, 11) is 0. The number of aliphatic carboxylic acids is 1. The van der Waals surface area contributed by atoms with Crippen molar-refractivity contribution < 1.29 is 9.90 Å². The highest BCUT2D eigenvalue weighted by atomic mass is 16.4. The van der Waals surface area contributed by atoms with Gasteiger partial charge in [0.1, 0.15) is 0 Å². The molecule has 0 amide bonds. The molecule has 0 unspecified atom stereocenters. The maximum atomic E-state index is 11.1. The number of hydrogen-bond acceptors (Lipinski definition) is 3. The maximum Gasteiger partial charge on any atom is 0.308 e. The average molecular weight is 234 g/mol. The van der Waals surface area contributed by atoms with Gasteiger partial charge < -0.3 is 10.4 Å². The molecule has 0 aromatic carbocycles. The fraction of sp³-hybridized carbons (Fsp3) is 0.538. The van der Waals surface area contributed by atoms with E-state index in [9.17, 15) is 4.79 Å². The van der Waals surface area contributed by atoms with Gasteiger partial charge >= 0.3 is 5.97 Å². The van der Waals surface area contributed by atoms with E-state index in [1.807, 2.05) is 18.3 Å². The van der Waals surface area contributed by atoms with Gasteiger partial charge in [-0.2, -0.15) is 0 Å². The van der Waals surface area contributed by atoms with Gasteiger partial charge in [-0.05, 0) is 24.5 Å². The molecule has 1 fully saturated rings. The molecule has 1 aliphatic rings. The minimum atomic E-state index is -0.673. The van der Waals surface area contributed by atoms with Crippen LogP contribution in [0.25, 0.3) is 0 Å². The molecular weight excluding hydrogens is 216 g/mol. The first-order valence-corrected chi connectivity index (χ1v) is 6.12. The summed E-state index contributed by atoms with van der Waals surface area (Å²) in [4.78, 5) is 15.2. The lowest BCUT2D eigenvalue weighted by Crippen LogP contribution is -2.41. The quantitative estimate of drug-likeness (QED) is 0.834. The topological polar surface area (TPSA) is 62.2 Å². The first-order valence-electron chi connectivity index (χ1n) is 6.12. The van der Waals surface area contributed by atoms with Gasteiger partial charge in [-0.1, -0.05) is 18.9 Å². The van der Waals surface area contributed by atoms with Gasteiger partial charge in [0.15, 0.2) is 0 Å². The van der Waals surface area contributed by atoms with E-state index in [0.717, 1.165) is 31.2 Å². The molecule has 0 spiro atoms. The first-order chi connectivity index (χ1) is 8.27. The summed E-state index contributed by atoms with van der Waals surface area (Å²) in [5, 5.41) is 12.5. The van der Waals surface area contributed by atoms with E-state index in [1.165, 1.54) is 0 Å². The van der Waals surface area contributed by atoms with Crippen LogP contribution in [0.15, 0.2) is 24.5 Å². The number of carboxylic acids is 1. The van der Waals surface area contributed by atoms with Gasteiger partial charge in [-0.25, -0.2) is 0 Å². The lowest BCUT2D eigenvalue weighted by atomic mass is 9.84. The number of hydrogen-bond donors (Lipinski definition) is 2. The van der Waals surface area contributed by atoms with Gasteiger partial charge in [0.2, 0.25) is 0 Å². The Kier molecular flexibility index (Phi) is 4.09. The van der Waals surface area contributed by atoms with Crippen LogP contribution < -0.4 is 5.32 Å². The van der Waals surface area contributed by atoms with Crippen LogP contribution in [0.4, 0.5) is 0 Å². The van der Waals surface area contributed by atoms with Crippen molar-refractivity contribution in [2.45, 2.75) is 38.3 Å². The van der Waals surface area contributed by atoms with Crippen LogP contribution in [0.3, 0.4) is 0 Å². The van der Waals surface area contributed by atoms with Crippen molar-refractivity contribution in [3.63, 3.8) is 0 Å². The molecule has 4 heteroatoms. The van der Waals surface area contributed by atoms with Gasteiger partial charge in [0, 0.05) is 25.0 Å². The van der Waals surface area contributed by atoms with Crippen LogP contribution >= 0.6 is 0 Å². The van der Waals surface area contributed by atoms with Crippen molar-refractivity contribution in [3.05, 3.63) is 30.1 Å². The Morgan fingerprint density at radius 1 is 1.47 bits per heavy atom.